The smallest absolute Gasteiger partial charge is 0.317 e. The number of hydrogen-bond donors (Lipinski definition) is 1. The van der Waals surface area contributed by atoms with Gasteiger partial charge >= 0.3 is 6.03 Å². The molecule has 1 atom stereocenters. The van der Waals surface area contributed by atoms with Gasteiger partial charge in [0.25, 0.3) is 0 Å². The third kappa shape index (κ3) is 3.88. The summed E-state index contributed by atoms with van der Waals surface area (Å²) >= 11 is 3.75. The van der Waals surface area contributed by atoms with Gasteiger partial charge in [0.05, 0.1) is 0 Å². The average Bonchev–Trinajstić information content (AvgIpc) is 3.27. The van der Waals surface area contributed by atoms with Gasteiger partial charge in [-0.1, -0.05) is 12.1 Å². The number of fused-ring (bicyclic) bond motifs is 1. The summed E-state index contributed by atoms with van der Waals surface area (Å²) in [6.07, 6.45) is 1.00. The summed E-state index contributed by atoms with van der Waals surface area (Å²) in [5.74, 6) is 2.48. The predicted molar refractivity (Wildman–Crippen MR) is 101 cm³/mol. The SMILES string of the molecule is O=C(NCc1ccc2c(c1)OCO2)N1CCS[C@@H](c2cccs2)CC1. The van der Waals surface area contributed by atoms with Crippen molar-refractivity contribution < 1.29 is 14.3 Å². The Balaban J connectivity index is 1.30. The summed E-state index contributed by atoms with van der Waals surface area (Å²) in [6.45, 7) is 2.34. The van der Waals surface area contributed by atoms with E-state index in [1.807, 2.05) is 34.9 Å². The second-order valence-corrected chi connectivity index (χ2v) is 8.29. The zero-order valence-corrected chi connectivity index (χ0v) is 15.4. The molecule has 1 aromatic carbocycles. The summed E-state index contributed by atoms with van der Waals surface area (Å²) in [5, 5.41) is 5.65. The molecule has 1 fully saturated rings. The second kappa shape index (κ2) is 7.58. The van der Waals surface area contributed by atoms with Crippen molar-refractivity contribution >= 4 is 29.1 Å². The molecule has 25 heavy (non-hydrogen) atoms. The van der Waals surface area contributed by atoms with Crippen molar-refractivity contribution in [3.63, 3.8) is 0 Å². The first-order valence-electron chi connectivity index (χ1n) is 8.36. The van der Waals surface area contributed by atoms with Crippen LogP contribution in [0.15, 0.2) is 35.7 Å². The van der Waals surface area contributed by atoms with E-state index in [1.54, 1.807) is 11.3 Å². The minimum absolute atomic E-state index is 0.00472. The Morgan fingerprint density at radius 1 is 1.24 bits per heavy atom. The van der Waals surface area contributed by atoms with Crippen LogP contribution in [-0.2, 0) is 6.54 Å². The number of rotatable bonds is 3. The van der Waals surface area contributed by atoms with Crippen LogP contribution in [0.1, 0.15) is 22.1 Å². The first-order chi connectivity index (χ1) is 12.3. The number of carbonyl (C=O) groups excluding carboxylic acids is 1. The van der Waals surface area contributed by atoms with E-state index >= 15 is 0 Å². The number of thiophene rings is 1. The van der Waals surface area contributed by atoms with Gasteiger partial charge in [-0.25, -0.2) is 4.79 Å². The highest BCUT2D eigenvalue weighted by Crippen LogP contribution is 2.36. The molecule has 0 saturated carbocycles. The van der Waals surface area contributed by atoms with Gasteiger partial charge < -0.3 is 19.7 Å². The number of urea groups is 1. The molecule has 2 amide bonds. The highest BCUT2D eigenvalue weighted by Gasteiger charge is 2.22. The van der Waals surface area contributed by atoms with E-state index in [1.165, 1.54) is 4.88 Å². The second-order valence-electron chi connectivity index (χ2n) is 6.00. The first-order valence-corrected chi connectivity index (χ1v) is 10.3. The number of ether oxygens (including phenoxy) is 2. The highest BCUT2D eigenvalue weighted by atomic mass is 32.2. The lowest BCUT2D eigenvalue weighted by Crippen LogP contribution is -2.40. The minimum atomic E-state index is 0.00472. The molecular weight excluding hydrogens is 356 g/mol. The fraction of sp³-hybridized carbons (Fsp3) is 0.389. The number of thioether (sulfide) groups is 1. The van der Waals surface area contributed by atoms with Crippen molar-refractivity contribution in [1.29, 1.82) is 0 Å². The van der Waals surface area contributed by atoms with E-state index in [-0.39, 0.29) is 12.8 Å². The van der Waals surface area contributed by atoms with E-state index in [0.717, 1.165) is 42.3 Å². The van der Waals surface area contributed by atoms with Gasteiger partial charge in [-0.2, -0.15) is 11.8 Å². The van der Waals surface area contributed by atoms with Crippen LogP contribution in [0.4, 0.5) is 4.79 Å². The Morgan fingerprint density at radius 3 is 3.04 bits per heavy atom. The number of nitrogens with one attached hydrogen (secondary N) is 1. The third-order valence-corrected chi connectivity index (χ3v) is 6.82. The van der Waals surface area contributed by atoms with E-state index in [2.05, 4.69) is 22.8 Å². The minimum Gasteiger partial charge on any atom is -0.454 e. The Morgan fingerprint density at radius 2 is 2.16 bits per heavy atom. The standard InChI is InChI=1S/C18H20N2O3S2/c21-18(19-11-13-3-4-14-15(10-13)23-12-22-14)20-6-5-17(25-9-7-20)16-2-1-8-24-16/h1-4,8,10,17H,5-7,9,11-12H2,(H,19,21)/t17-/m1/s1. The largest absolute Gasteiger partial charge is 0.454 e. The summed E-state index contributed by atoms with van der Waals surface area (Å²) in [4.78, 5) is 15.8. The lowest BCUT2D eigenvalue weighted by Gasteiger charge is -2.20. The van der Waals surface area contributed by atoms with Gasteiger partial charge in [0.2, 0.25) is 6.79 Å². The summed E-state index contributed by atoms with van der Waals surface area (Å²) in [7, 11) is 0. The molecule has 2 aromatic rings. The van der Waals surface area contributed by atoms with Gasteiger partial charge in [-0.05, 0) is 35.6 Å². The van der Waals surface area contributed by atoms with Crippen LogP contribution in [0.25, 0.3) is 0 Å². The van der Waals surface area contributed by atoms with Crippen LogP contribution < -0.4 is 14.8 Å². The Labute approximate surface area is 155 Å². The highest BCUT2D eigenvalue weighted by molar-refractivity contribution is 7.99. The van der Waals surface area contributed by atoms with Crippen LogP contribution in [0, 0.1) is 0 Å². The molecule has 4 rings (SSSR count). The summed E-state index contributed by atoms with van der Waals surface area (Å²) in [6, 6.07) is 10.1. The fourth-order valence-electron chi connectivity index (χ4n) is 3.02. The topological polar surface area (TPSA) is 50.8 Å². The van der Waals surface area contributed by atoms with E-state index in [9.17, 15) is 4.79 Å². The normalized spacial score (nSPS) is 19.5. The molecule has 0 bridgehead atoms. The molecule has 0 spiro atoms. The Bertz CT molecular complexity index is 736. The number of benzene rings is 1. The maximum Gasteiger partial charge on any atom is 0.317 e. The molecule has 0 aliphatic carbocycles. The van der Waals surface area contributed by atoms with Crippen molar-refractivity contribution in [2.24, 2.45) is 0 Å². The summed E-state index contributed by atoms with van der Waals surface area (Å²) < 4.78 is 10.7. The zero-order valence-electron chi connectivity index (χ0n) is 13.8. The van der Waals surface area contributed by atoms with Crippen LogP contribution >= 0.6 is 23.1 Å². The molecule has 0 unspecified atom stereocenters. The number of nitrogens with zero attached hydrogens (tertiary/aromatic N) is 1. The quantitative estimate of drug-likeness (QED) is 0.884. The van der Waals surface area contributed by atoms with Gasteiger partial charge in [-0.3, -0.25) is 0 Å². The van der Waals surface area contributed by atoms with Gasteiger partial charge in [0.15, 0.2) is 11.5 Å². The van der Waals surface area contributed by atoms with Crippen LogP contribution in [0.5, 0.6) is 11.5 Å². The number of carbonyl (C=O) groups is 1. The van der Waals surface area contributed by atoms with Crippen LogP contribution in [0.2, 0.25) is 0 Å². The Kier molecular flexibility index (Phi) is 5.03. The van der Waals surface area contributed by atoms with Crippen molar-refractivity contribution in [2.75, 3.05) is 25.6 Å². The average molecular weight is 377 g/mol. The van der Waals surface area contributed by atoms with Gasteiger partial charge in [0, 0.05) is 35.5 Å². The van der Waals surface area contributed by atoms with Crippen LogP contribution in [0.3, 0.4) is 0 Å². The number of hydrogen-bond acceptors (Lipinski definition) is 5. The summed E-state index contributed by atoms with van der Waals surface area (Å²) in [5.41, 5.74) is 1.01. The van der Waals surface area contributed by atoms with E-state index in [4.69, 9.17) is 9.47 Å². The fourth-order valence-corrected chi connectivity index (χ4v) is 5.25. The first kappa shape index (κ1) is 16.6. The monoisotopic (exact) mass is 376 g/mol. The molecule has 1 N–H and O–H groups in total. The molecule has 0 radical (unpaired) electrons. The lowest BCUT2D eigenvalue weighted by atomic mass is 10.2. The molecule has 7 heteroatoms. The molecule has 2 aliphatic rings. The maximum atomic E-state index is 12.5. The Hall–Kier alpha value is -1.86. The van der Waals surface area contributed by atoms with Gasteiger partial charge in [-0.15, -0.1) is 11.3 Å². The van der Waals surface area contributed by atoms with E-state index < -0.39 is 0 Å². The third-order valence-electron chi connectivity index (χ3n) is 4.37. The maximum absolute atomic E-state index is 12.5. The van der Waals surface area contributed by atoms with Crippen LogP contribution in [-0.4, -0.2) is 36.6 Å². The van der Waals surface area contributed by atoms with Crippen molar-refractivity contribution in [1.82, 2.24) is 10.2 Å². The molecular formula is C18H20N2O3S2. The van der Waals surface area contributed by atoms with E-state index in [0.29, 0.717) is 11.8 Å². The van der Waals surface area contributed by atoms with Crippen molar-refractivity contribution in [2.45, 2.75) is 18.2 Å². The molecule has 3 heterocycles. The molecule has 5 nitrogen and oxygen atoms in total. The van der Waals surface area contributed by atoms with Crippen molar-refractivity contribution in [3.8, 4) is 11.5 Å². The van der Waals surface area contributed by atoms with Crippen molar-refractivity contribution in [3.05, 3.63) is 46.2 Å². The molecule has 2 aliphatic heterocycles. The molecule has 1 aromatic heterocycles. The lowest BCUT2D eigenvalue weighted by molar-refractivity contribution is 0.174. The molecule has 132 valence electrons. The van der Waals surface area contributed by atoms with Gasteiger partial charge in [0.1, 0.15) is 0 Å². The number of amides is 2. The zero-order chi connectivity index (χ0) is 17.1. The predicted octanol–water partition coefficient (Wildman–Crippen LogP) is 3.87. The molecule has 1 saturated heterocycles.